The van der Waals surface area contributed by atoms with Crippen LogP contribution in [0.1, 0.15) is 23.2 Å². The second-order valence-corrected chi connectivity index (χ2v) is 7.93. The first-order chi connectivity index (χ1) is 14.6. The van der Waals surface area contributed by atoms with E-state index in [-0.39, 0.29) is 5.91 Å². The molecule has 0 bridgehead atoms. The SMILES string of the molecule is CCOc1ccc(/C=C/C(=O)N(C)Cc2csc(CN3CCOCC3)n2)cc1OC. The molecule has 2 heterocycles. The van der Waals surface area contributed by atoms with E-state index in [1.807, 2.05) is 30.5 Å². The Morgan fingerprint density at radius 2 is 2.13 bits per heavy atom. The van der Waals surface area contributed by atoms with Gasteiger partial charge in [0, 0.05) is 31.6 Å². The van der Waals surface area contributed by atoms with Gasteiger partial charge in [0.2, 0.25) is 5.91 Å². The molecule has 8 heteroatoms. The first-order valence-corrected chi connectivity index (χ1v) is 10.9. The van der Waals surface area contributed by atoms with E-state index in [0.29, 0.717) is 24.7 Å². The predicted molar refractivity (Wildman–Crippen MR) is 118 cm³/mol. The van der Waals surface area contributed by atoms with Crippen molar-refractivity contribution in [3.8, 4) is 11.5 Å². The Hall–Kier alpha value is -2.42. The first-order valence-electron chi connectivity index (χ1n) is 10.1. The zero-order chi connectivity index (χ0) is 21.3. The highest BCUT2D eigenvalue weighted by atomic mass is 32.1. The minimum Gasteiger partial charge on any atom is -0.493 e. The van der Waals surface area contributed by atoms with Crippen LogP contribution in [0.5, 0.6) is 11.5 Å². The summed E-state index contributed by atoms with van der Waals surface area (Å²) in [5.41, 5.74) is 1.79. The van der Waals surface area contributed by atoms with Gasteiger partial charge in [0.1, 0.15) is 5.01 Å². The number of carbonyl (C=O) groups is 1. The second-order valence-electron chi connectivity index (χ2n) is 6.99. The third-order valence-electron chi connectivity index (χ3n) is 4.74. The minimum absolute atomic E-state index is 0.0782. The number of benzene rings is 1. The van der Waals surface area contributed by atoms with Crippen LogP contribution in [0.4, 0.5) is 0 Å². The number of thiazole rings is 1. The van der Waals surface area contributed by atoms with Crippen molar-refractivity contribution >= 4 is 23.3 Å². The number of carbonyl (C=O) groups excluding carboxylic acids is 1. The molecule has 0 radical (unpaired) electrons. The summed E-state index contributed by atoms with van der Waals surface area (Å²) in [6.45, 7) is 7.25. The van der Waals surface area contributed by atoms with Crippen LogP contribution >= 0.6 is 11.3 Å². The number of nitrogens with zero attached hydrogens (tertiary/aromatic N) is 3. The van der Waals surface area contributed by atoms with Crippen molar-refractivity contribution in [3.63, 3.8) is 0 Å². The number of ether oxygens (including phenoxy) is 3. The normalized spacial score (nSPS) is 14.8. The minimum atomic E-state index is -0.0782. The lowest BCUT2D eigenvalue weighted by Crippen LogP contribution is -2.35. The van der Waals surface area contributed by atoms with Gasteiger partial charge >= 0.3 is 0 Å². The fourth-order valence-corrected chi connectivity index (χ4v) is 3.95. The van der Waals surface area contributed by atoms with Crippen LogP contribution in [0.25, 0.3) is 6.08 Å². The Labute approximate surface area is 181 Å². The zero-order valence-electron chi connectivity index (χ0n) is 17.8. The summed E-state index contributed by atoms with van der Waals surface area (Å²) < 4.78 is 16.3. The lowest BCUT2D eigenvalue weighted by atomic mass is 10.2. The molecule has 1 aromatic carbocycles. The quantitative estimate of drug-likeness (QED) is 0.569. The molecule has 1 saturated heterocycles. The summed E-state index contributed by atoms with van der Waals surface area (Å²) in [7, 11) is 3.39. The molecule has 3 rings (SSSR count). The molecule has 1 fully saturated rings. The summed E-state index contributed by atoms with van der Waals surface area (Å²) in [6.07, 6.45) is 3.35. The number of hydrogen-bond donors (Lipinski definition) is 0. The molecule has 162 valence electrons. The van der Waals surface area contributed by atoms with Crippen LogP contribution in [-0.2, 0) is 22.6 Å². The molecule has 0 spiro atoms. The number of rotatable bonds is 9. The average molecular weight is 432 g/mol. The van der Waals surface area contributed by atoms with Crippen LogP contribution in [-0.4, -0.2) is 67.8 Å². The van der Waals surface area contributed by atoms with Gasteiger partial charge in [0.05, 0.1) is 45.7 Å². The molecule has 0 atom stereocenters. The van der Waals surface area contributed by atoms with Crippen LogP contribution < -0.4 is 9.47 Å². The van der Waals surface area contributed by atoms with E-state index < -0.39 is 0 Å². The molecule has 1 aromatic heterocycles. The number of hydrogen-bond acceptors (Lipinski definition) is 7. The fourth-order valence-electron chi connectivity index (χ4n) is 3.12. The Morgan fingerprint density at radius 1 is 1.33 bits per heavy atom. The third-order valence-corrected chi connectivity index (χ3v) is 5.63. The standard InChI is InChI=1S/C22H29N3O4S/c1-4-29-19-7-5-17(13-20(19)27-3)6-8-22(26)24(2)14-18-16-30-21(23-18)15-25-9-11-28-12-10-25/h5-8,13,16H,4,9-12,14-15H2,1-3H3/b8-6+. The highest BCUT2D eigenvalue weighted by Gasteiger charge is 2.14. The van der Waals surface area contributed by atoms with Gasteiger partial charge in [0.15, 0.2) is 11.5 Å². The van der Waals surface area contributed by atoms with Gasteiger partial charge in [-0.1, -0.05) is 6.07 Å². The van der Waals surface area contributed by atoms with Crippen molar-refractivity contribution in [2.24, 2.45) is 0 Å². The average Bonchev–Trinajstić information content (AvgIpc) is 3.20. The van der Waals surface area contributed by atoms with Gasteiger partial charge in [0.25, 0.3) is 0 Å². The van der Waals surface area contributed by atoms with Crippen molar-refractivity contribution < 1.29 is 19.0 Å². The van der Waals surface area contributed by atoms with Gasteiger partial charge in [-0.25, -0.2) is 4.98 Å². The highest BCUT2D eigenvalue weighted by Crippen LogP contribution is 2.28. The van der Waals surface area contributed by atoms with Crippen LogP contribution in [0.2, 0.25) is 0 Å². The Morgan fingerprint density at radius 3 is 2.87 bits per heavy atom. The summed E-state index contributed by atoms with van der Waals surface area (Å²) in [5, 5.41) is 3.10. The summed E-state index contributed by atoms with van der Waals surface area (Å²) in [4.78, 5) is 21.2. The zero-order valence-corrected chi connectivity index (χ0v) is 18.6. The lowest BCUT2D eigenvalue weighted by molar-refractivity contribution is -0.125. The molecule has 0 aliphatic carbocycles. The van der Waals surface area contributed by atoms with Gasteiger partial charge in [-0.05, 0) is 30.7 Å². The molecule has 0 N–H and O–H groups in total. The first kappa shape index (κ1) is 22.3. The number of aromatic nitrogens is 1. The summed E-state index contributed by atoms with van der Waals surface area (Å²) in [6, 6.07) is 5.60. The van der Waals surface area contributed by atoms with E-state index >= 15 is 0 Å². The number of morpholine rings is 1. The van der Waals surface area contributed by atoms with E-state index in [1.165, 1.54) is 0 Å². The van der Waals surface area contributed by atoms with Crippen LogP contribution in [0, 0.1) is 0 Å². The Kier molecular flexibility index (Phi) is 8.24. The van der Waals surface area contributed by atoms with Crippen molar-refractivity contribution in [1.29, 1.82) is 0 Å². The molecule has 2 aromatic rings. The van der Waals surface area contributed by atoms with Crippen molar-refractivity contribution in [2.45, 2.75) is 20.0 Å². The lowest BCUT2D eigenvalue weighted by Gasteiger charge is -2.25. The summed E-state index contributed by atoms with van der Waals surface area (Å²) in [5.74, 6) is 1.26. The molecule has 0 saturated carbocycles. The molecule has 7 nitrogen and oxygen atoms in total. The molecule has 30 heavy (non-hydrogen) atoms. The Balaban J connectivity index is 1.54. The summed E-state index contributed by atoms with van der Waals surface area (Å²) >= 11 is 1.64. The van der Waals surface area contributed by atoms with Gasteiger partial charge in [-0.2, -0.15) is 0 Å². The van der Waals surface area contributed by atoms with E-state index in [0.717, 1.165) is 49.1 Å². The topological polar surface area (TPSA) is 64.1 Å². The third kappa shape index (κ3) is 6.29. The fraction of sp³-hybridized carbons (Fsp3) is 0.455. The smallest absolute Gasteiger partial charge is 0.246 e. The van der Waals surface area contributed by atoms with Crippen LogP contribution in [0.3, 0.4) is 0 Å². The largest absolute Gasteiger partial charge is 0.493 e. The number of methoxy groups -OCH3 is 1. The molecule has 0 unspecified atom stereocenters. The second kappa shape index (κ2) is 11.1. The maximum atomic E-state index is 12.5. The molecule has 1 amide bonds. The molecular weight excluding hydrogens is 402 g/mol. The van der Waals surface area contributed by atoms with Crippen molar-refractivity contribution in [3.05, 3.63) is 45.9 Å². The van der Waals surface area contributed by atoms with Gasteiger partial charge < -0.3 is 19.1 Å². The van der Waals surface area contributed by atoms with Gasteiger partial charge in [-0.3, -0.25) is 9.69 Å². The Bertz CT molecular complexity index is 862. The number of likely N-dealkylation sites (N-methyl/N-ethyl adjacent to an activating group) is 1. The maximum absolute atomic E-state index is 12.5. The predicted octanol–water partition coefficient (Wildman–Crippen LogP) is 3.05. The molecule has 1 aliphatic rings. The monoisotopic (exact) mass is 431 g/mol. The molecular formula is C22H29N3O4S. The van der Waals surface area contributed by atoms with Gasteiger partial charge in [-0.15, -0.1) is 11.3 Å². The molecule has 1 aliphatic heterocycles. The van der Waals surface area contributed by atoms with E-state index in [2.05, 4.69) is 9.88 Å². The van der Waals surface area contributed by atoms with Crippen molar-refractivity contribution in [2.75, 3.05) is 47.1 Å². The van der Waals surface area contributed by atoms with E-state index in [4.69, 9.17) is 14.2 Å². The number of amides is 1. The highest BCUT2D eigenvalue weighted by molar-refractivity contribution is 7.09. The van der Waals surface area contributed by atoms with Crippen molar-refractivity contribution in [1.82, 2.24) is 14.8 Å². The van der Waals surface area contributed by atoms with Crippen LogP contribution in [0.15, 0.2) is 29.7 Å². The van der Waals surface area contributed by atoms with E-state index in [1.54, 1.807) is 42.5 Å². The maximum Gasteiger partial charge on any atom is 0.246 e. The van der Waals surface area contributed by atoms with E-state index in [9.17, 15) is 4.79 Å².